The average molecular weight is 296 g/mol. The van der Waals surface area contributed by atoms with E-state index in [0.717, 1.165) is 36.9 Å². The van der Waals surface area contributed by atoms with Crippen LogP contribution in [0, 0.1) is 5.92 Å². The Balaban J connectivity index is 2.11. The van der Waals surface area contributed by atoms with Crippen LogP contribution in [0.1, 0.15) is 48.7 Å². The molecule has 1 heterocycles. The number of hydrogen-bond donors (Lipinski definition) is 1. The van der Waals surface area contributed by atoms with Crippen molar-refractivity contribution in [2.45, 2.75) is 45.7 Å². The number of hydrogen-bond acceptors (Lipinski definition) is 2. The van der Waals surface area contributed by atoms with Gasteiger partial charge in [0.05, 0.1) is 6.04 Å². The first-order valence-electron chi connectivity index (χ1n) is 8.14. The Morgan fingerprint density at radius 3 is 2.59 bits per heavy atom. The number of aryl methyl sites for hydroxylation is 1. The third kappa shape index (κ3) is 2.73. The van der Waals surface area contributed by atoms with E-state index < -0.39 is 0 Å². The maximum absolute atomic E-state index is 13.0. The van der Waals surface area contributed by atoms with Crippen molar-refractivity contribution in [3.05, 3.63) is 69.1 Å². The molecule has 0 aliphatic heterocycles. The molecule has 1 atom stereocenters. The number of aromatic nitrogens is 1. The molecular weight excluding hydrogens is 272 g/mol. The Kier molecular flexibility index (Phi) is 4.16. The van der Waals surface area contributed by atoms with Gasteiger partial charge in [-0.05, 0) is 42.4 Å². The Morgan fingerprint density at radius 2 is 1.91 bits per heavy atom. The second-order valence-corrected chi connectivity index (χ2v) is 6.62. The molecule has 1 aromatic heterocycles. The highest BCUT2D eigenvalue weighted by Crippen LogP contribution is 2.25. The van der Waals surface area contributed by atoms with E-state index in [0.29, 0.717) is 5.92 Å². The molecule has 22 heavy (non-hydrogen) atoms. The first-order chi connectivity index (χ1) is 10.6. The van der Waals surface area contributed by atoms with E-state index in [-0.39, 0.29) is 11.6 Å². The molecule has 2 aromatic rings. The number of nitrogens with two attached hydrogens (primary N) is 1. The predicted octanol–water partition coefficient (Wildman–Crippen LogP) is 3.04. The van der Waals surface area contributed by atoms with Crippen molar-refractivity contribution in [1.29, 1.82) is 0 Å². The summed E-state index contributed by atoms with van der Waals surface area (Å²) in [5.74, 6) is 0.450. The summed E-state index contributed by atoms with van der Waals surface area (Å²) in [7, 11) is 0. The molecular formula is C19H24N2O. The summed E-state index contributed by atoms with van der Waals surface area (Å²) >= 11 is 0. The fourth-order valence-corrected chi connectivity index (χ4v) is 3.36. The first kappa shape index (κ1) is 15.0. The number of benzene rings is 1. The van der Waals surface area contributed by atoms with Gasteiger partial charge in [0.1, 0.15) is 0 Å². The second-order valence-electron chi connectivity index (χ2n) is 6.62. The number of pyridine rings is 1. The van der Waals surface area contributed by atoms with Gasteiger partial charge in [-0.15, -0.1) is 0 Å². The van der Waals surface area contributed by atoms with Crippen molar-refractivity contribution < 1.29 is 0 Å². The first-order valence-corrected chi connectivity index (χ1v) is 8.14. The quantitative estimate of drug-likeness (QED) is 0.942. The van der Waals surface area contributed by atoms with Crippen LogP contribution in [0.2, 0.25) is 0 Å². The van der Waals surface area contributed by atoms with Crippen LogP contribution in [-0.4, -0.2) is 4.57 Å². The molecule has 2 N–H and O–H groups in total. The lowest BCUT2D eigenvalue weighted by atomic mass is 9.98. The summed E-state index contributed by atoms with van der Waals surface area (Å²) < 4.78 is 1.98. The van der Waals surface area contributed by atoms with Crippen molar-refractivity contribution in [3.8, 4) is 0 Å². The highest BCUT2D eigenvalue weighted by atomic mass is 16.1. The van der Waals surface area contributed by atoms with Gasteiger partial charge in [0, 0.05) is 17.8 Å². The standard InChI is InChI=1S/C19H24N2O/c1-13(2)12-21-17-10-6-9-15(17)11-16(19(21)22)18(20)14-7-4-3-5-8-14/h3-5,7-8,11,13,18H,6,9-10,12,20H2,1-2H3. The van der Waals surface area contributed by atoms with E-state index in [1.807, 2.05) is 34.9 Å². The van der Waals surface area contributed by atoms with E-state index in [4.69, 9.17) is 5.73 Å². The maximum atomic E-state index is 13.0. The van der Waals surface area contributed by atoms with E-state index >= 15 is 0 Å². The second kappa shape index (κ2) is 6.09. The molecule has 0 saturated carbocycles. The monoisotopic (exact) mass is 296 g/mol. The summed E-state index contributed by atoms with van der Waals surface area (Å²) in [4.78, 5) is 13.0. The minimum atomic E-state index is -0.349. The van der Waals surface area contributed by atoms with Gasteiger partial charge in [-0.3, -0.25) is 4.79 Å². The van der Waals surface area contributed by atoms with Crippen LogP contribution in [0.15, 0.2) is 41.2 Å². The highest BCUT2D eigenvalue weighted by molar-refractivity contribution is 5.36. The smallest absolute Gasteiger partial charge is 0.255 e. The van der Waals surface area contributed by atoms with Crippen LogP contribution in [0.5, 0.6) is 0 Å². The van der Waals surface area contributed by atoms with Crippen molar-refractivity contribution in [3.63, 3.8) is 0 Å². The molecule has 1 aromatic carbocycles. The zero-order valence-electron chi connectivity index (χ0n) is 13.4. The van der Waals surface area contributed by atoms with Gasteiger partial charge in [-0.2, -0.15) is 0 Å². The minimum absolute atomic E-state index is 0.0886. The largest absolute Gasteiger partial charge is 0.320 e. The Labute approximate surface area is 131 Å². The molecule has 116 valence electrons. The zero-order valence-corrected chi connectivity index (χ0v) is 13.4. The third-order valence-corrected chi connectivity index (χ3v) is 4.42. The van der Waals surface area contributed by atoms with E-state index in [1.165, 1.54) is 11.3 Å². The molecule has 0 bridgehead atoms. The van der Waals surface area contributed by atoms with E-state index in [1.54, 1.807) is 0 Å². The van der Waals surface area contributed by atoms with E-state index in [2.05, 4.69) is 19.9 Å². The lowest BCUT2D eigenvalue weighted by Crippen LogP contribution is -2.32. The van der Waals surface area contributed by atoms with Crippen molar-refractivity contribution in [2.75, 3.05) is 0 Å². The SMILES string of the molecule is CC(C)Cn1c2c(cc(C(N)c3ccccc3)c1=O)CCC2. The van der Waals surface area contributed by atoms with Gasteiger partial charge >= 0.3 is 0 Å². The van der Waals surface area contributed by atoms with Crippen molar-refractivity contribution in [1.82, 2.24) is 4.57 Å². The summed E-state index contributed by atoms with van der Waals surface area (Å²) in [6, 6.07) is 11.6. The topological polar surface area (TPSA) is 48.0 Å². The number of nitrogens with zero attached hydrogens (tertiary/aromatic N) is 1. The van der Waals surface area contributed by atoms with Gasteiger partial charge in [0.2, 0.25) is 0 Å². The van der Waals surface area contributed by atoms with Crippen LogP contribution >= 0.6 is 0 Å². The molecule has 0 spiro atoms. The van der Waals surface area contributed by atoms with Crippen LogP contribution in [0.3, 0.4) is 0 Å². The molecule has 3 heteroatoms. The van der Waals surface area contributed by atoms with Gasteiger partial charge < -0.3 is 10.3 Å². The maximum Gasteiger partial charge on any atom is 0.255 e. The molecule has 3 rings (SSSR count). The fourth-order valence-electron chi connectivity index (χ4n) is 3.36. The van der Waals surface area contributed by atoms with Crippen LogP contribution in [-0.2, 0) is 19.4 Å². The summed E-state index contributed by atoms with van der Waals surface area (Å²) in [5.41, 5.74) is 10.7. The zero-order chi connectivity index (χ0) is 15.7. The molecule has 3 nitrogen and oxygen atoms in total. The third-order valence-electron chi connectivity index (χ3n) is 4.42. The highest BCUT2D eigenvalue weighted by Gasteiger charge is 2.22. The van der Waals surface area contributed by atoms with Gasteiger partial charge in [-0.1, -0.05) is 44.2 Å². The average Bonchev–Trinajstić information content (AvgIpc) is 2.98. The predicted molar refractivity (Wildman–Crippen MR) is 90.0 cm³/mol. The van der Waals surface area contributed by atoms with Gasteiger partial charge in [0.15, 0.2) is 0 Å². The van der Waals surface area contributed by atoms with E-state index in [9.17, 15) is 4.79 Å². The van der Waals surface area contributed by atoms with Crippen molar-refractivity contribution >= 4 is 0 Å². The molecule has 1 aliphatic carbocycles. The minimum Gasteiger partial charge on any atom is -0.320 e. The Morgan fingerprint density at radius 1 is 1.18 bits per heavy atom. The van der Waals surface area contributed by atoms with Crippen LogP contribution < -0.4 is 11.3 Å². The van der Waals surface area contributed by atoms with Gasteiger partial charge in [-0.25, -0.2) is 0 Å². The lowest BCUT2D eigenvalue weighted by Gasteiger charge is -2.19. The fraction of sp³-hybridized carbons (Fsp3) is 0.421. The van der Waals surface area contributed by atoms with Crippen LogP contribution in [0.4, 0.5) is 0 Å². The normalized spacial score (nSPS) is 15.1. The molecule has 0 radical (unpaired) electrons. The van der Waals surface area contributed by atoms with Crippen LogP contribution in [0.25, 0.3) is 0 Å². The molecule has 0 fully saturated rings. The molecule has 1 aliphatic rings. The Hall–Kier alpha value is -1.87. The lowest BCUT2D eigenvalue weighted by molar-refractivity contribution is 0.494. The summed E-state index contributed by atoms with van der Waals surface area (Å²) in [6.07, 6.45) is 3.21. The van der Waals surface area contributed by atoms with Gasteiger partial charge in [0.25, 0.3) is 5.56 Å². The molecule has 0 amide bonds. The molecule has 1 unspecified atom stereocenters. The number of fused-ring (bicyclic) bond motifs is 1. The van der Waals surface area contributed by atoms with Crippen molar-refractivity contribution in [2.24, 2.45) is 11.7 Å². The summed E-state index contributed by atoms with van der Waals surface area (Å²) in [5, 5.41) is 0. The number of rotatable bonds is 4. The molecule has 0 saturated heterocycles. The summed E-state index contributed by atoms with van der Waals surface area (Å²) in [6.45, 7) is 5.08. The Bertz CT molecular complexity index is 716.